The molecule has 2 saturated heterocycles. The van der Waals surface area contributed by atoms with E-state index in [1.165, 1.54) is 34.1 Å². The Morgan fingerprint density at radius 2 is 1.30 bits per heavy atom. The second-order valence-electron chi connectivity index (χ2n) is 7.59. The highest BCUT2D eigenvalue weighted by molar-refractivity contribution is 5.19. The molecule has 0 saturated carbocycles. The summed E-state index contributed by atoms with van der Waals surface area (Å²) in [5, 5.41) is 22.3. The highest BCUT2D eigenvalue weighted by Crippen LogP contribution is 2.28. The van der Waals surface area contributed by atoms with Gasteiger partial charge in [0, 0.05) is 19.1 Å². The number of rotatable bonds is 3. The van der Waals surface area contributed by atoms with E-state index in [4.69, 9.17) is 0 Å². The topological polar surface area (TPSA) is 46.9 Å². The molecule has 0 aliphatic carbocycles. The fourth-order valence-corrected chi connectivity index (χ4v) is 4.01. The first-order valence-corrected chi connectivity index (χ1v) is 10.2. The summed E-state index contributed by atoms with van der Waals surface area (Å²) in [5.74, 6) is 0. The molecule has 27 heavy (non-hydrogen) atoms. The zero-order chi connectivity index (χ0) is 18.9. The summed E-state index contributed by atoms with van der Waals surface area (Å²) in [7, 11) is 0. The van der Waals surface area contributed by atoms with Gasteiger partial charge in [0.05, 0.1) is 6.04 Å². The van der Waals surface area contributed by atoms with Crippen LogP contribution >= 0.6 is 0 Å². The van der Waals surface area contributed by atoms with Crippen molar-refractivity contribution in [3.8, 4) is 0 Å². The van der Waals surface area contributed by atoms with E-state index in [0.717, 1.165) is 45.2 Å². The maximum absolute atomic E-state index is 9.66. The van der Waals surface area contributed by atoms with Crippen LogP contribution in [0.4, 0.5) is 0 Å². The monoisotopic (exact) mass is 368 g/mol. The average molecular weight is 369 g/mol. The number of benzene rings is 2. The first-order valence-electron chi connectivity index (χ1n) is 10.2. The minimum Gasteiger partial charge on any atom is -0.314 e. The highest BCUT2D eigenvalue weighted by Gasteiger charge is 2.22. The Morgan fingerprint density at radius 1 is 0.704 bits per heavy atom. The number of nitrogens with zero attached hydrogens (tertiary/aromatic N) is 2. The fourth-order valence-electron chi connectivity index (χ4n) is 4.01. The van der Waals surface area contributed by atoms with E-state index in [1.807, 2.05) is 24.3 Å². The van der Waals surface area contributed by atoms with Gasteiger partial charge < -0.3 is 10.4 Å². The van der Waals surface area contributed by atoms with Crippen LogP contribution < -0.4 is 0 Å². The maximum atomic E-state index is 9.66. The smallest absolute Gasteiger partial charge is 0.0599 e. The summed E-state index contributed by atoms with van der Waals surface area (Å²) in [6, 6.07) is 21.2. The lowest BCUT2D eigenvalue weighted by molar-refractivity contribution is -0.143. The first kappa shape index (κ1) is 20.0. The van der Waals surface area contributed by atoms with E-state index >= 15 is 0 Å². The van der Waals surface area contributed by atoms with Crippen molar-refractivity contribution >= 4 is 0 Å². The molecule has 2 aliphatic rings. The van der Waals surface area contributed by atoms with Gasteiger partial charge >= 0.3 is 0 Å². The molecule has 2 N–H and O–H groups in total. The lowest BCUT2D eigenvalue weighted by Crippen LogP contribution is -2.38. The minimum atomic E-state index is 0.218. The van der Waals surface area contributed by atoms with Crippen molar-refractivity contribution in [1.29, 1.82) is 0 Å². The maximum Gasteiger partial charge on any atom is 0.0599 e. The highest BCUT2D eigenvalue weighted by atomic mass is 16.5. The zero-order valence-electron chi connectivity index (χ0n) is 16.1. The molecule has 2 heterocycles. The predicted molar refractivity (Wildman–Crippen MR) is 108 cm³/mol. The van der Waals surface area contributed by atoms with Crippen LogP contribution in [0.1, 0.15) is 55.7 Å². The molecule has 0 amide bonds. The third-order valence-corrected chi connectivity index (χ3v) is 5.57. The van der Waals surface area contributed by atoms with Crippen LogP contribution in [0.15, 0.2) is 60.7 Å². The Hall–Kier alpha value is -1.72. The van der Waals surface area contributed by atoms with Gasteiger partial charge in [-0.3, -0.25) is 0 Å². The summed E-state index contributed by atoms with van der Waals surface area (Å²) in [5.41, 5.74) is 2.54. The van der Waals surface area contributed by atoms with Crippen LogP contribution in [0.2, 0.25) is 0 Å². The third-order valence-electron chi connectivity index (χ3n) is 5.57. The molecular formula is C23H32N2O2. The van der Waals surface area contributed by atoms with Gasteiger partial charge in [-0.1, -0.05) is 73.5 Å². The Morgan fingerprint density at radius 3 is 1.93 bits per heavy atom. The molecule has 4 heteroatoms. The molecule has 0 bridgehead atoms. The van der Waals surface area contributed by atoms with Crippen molar-refractivity contribution in [2.75, 3.05) is 13.1 Å². The molecule has 4 nitrogen and oxygen atoms in total. The number of hydrogen-bond donors (Lipinski definition) is 2. The van der Waals surface area contributed by atoms with Crippen LogP contribution in [0.5, 0.6) is 0 Å². The second-order valence-corrected chi connectivity index (χ2v) is 7.59. The summed E-state index contributed by atoms with van der Waals surface area (Å²) in [4.78, 5) is 0. The van der Waals surface area contributed by atoms with Gasteiger partial charge in [-0.25, -0.2) is 0 Å². The normalized spacial score (nSPS) is 24.1. The van der Waals surface area contributed by atoms with Gasteiger partial charge in [0.1, 0.15) is 0 Å². The Bertz CT molecular complexity index is 650. The molecule has 4 rings (SSSR count). The minimum absolute atomic E-state index is 0.218. The Labute approximate surface area is 163 Å². The largest absolute Gasteiger partial charge is 0.314 e. The SMILES string of the molecule is ON1CCCCC1Cc1ccccc1.ON1CCCCC1c1ccccc1. The van der Waals surface area contributed by atoms with E-state index in [1.54, 1.807) is 0 Å². The Kier molecular flexibility index (Phi) is 7.84. The fraction of sp³-hybridized carbons (Fsp3) is 0.478. The molecule has 2 aliphatic heterocycles. The number of hydrogen-bond acceptors (Lipinski definition) is 4. The summed E-state index contributed by atoms with van der Waals surface area (Å²) >= 11 is 0. The van der Waals surface area contributed by atoms with Crippen LogP contribution in [-0.4, -0.2) is 39.7 Å². The Balaban J connectivity index is 0.000000156. The zero-order valence-corrected chi connectivity index (χ0v) is 16.1. The summed E-state index contributed by atoms with van der Waals surface area (Å²) in [6.45, 7) is 1.64. The summed E-state index contributed by atoms with van der Waals surface area (Å²) < 4.78 is 0. The van der Waals surface area contributed by atoms with Crippen molar-refractivity contribution < 1.29 is 10.4 Å². The van der Waals surface area contributed by atoms with Crippen LogP contribution in [0.25, 0.3) is 0 Å². The molecule has 2 atom stereocenters. The molecule has 2 aromatic rings. The number of hydroxylamine groups is 4. The second kappa shape index (κ2) is 10.6. The molecule has 2 aromatic carbocycles. The molecule has 146 valence electrons. The van der Waals surface area contributed by atoms with E-state index in [0.29, 0.717) is 6.04 Å². The van der Waals surface area contributed by atoms with Crippen molar-refractivity contribution in [1.82, 2.24) is 10.1 Å². The van der Waals surface area contributed by atoms with E-state index < -0.39 is 0 Å². The van der Waals surface area contributed by atoms with Gasteiger partial charge in [-0.15, -0.1) is 0 Å². The molecule has 0 aromatic heterocycles. The summed E-state index contributed by atoms with van der Waals surface area (Å²) in [6.07, 6.45) is 7.86. The molecule has 0 spiro atoms. The lowest BCUT2D eigenvalue weighted by Gasteiger charge is -2.30. The molecule has 2 unspecified atom stereocenters. The predicted octanol–water partition coefficient (Wildman–Crippen LogP) is 5.08. The lowest BCUT2D eigenvalue weighted by atomic mass is 9.97. The standard InChI is InChI=1S/C12H17NO.C11H15NO/c14-13-9-5-4-8-12(13)10-11-6-2-1-3-7-11;13-12-9-5-4-8-11(12)10-6-2-1-3-7-10/h1-3,6-7,12,14H,4-5,8-10H2;1-3,6-7,11,13H,4-5,8-9H2. The molecule has 2 fully saturated rings. The van der Waals surface area contributed by atoms with Gasteiger partial charge in [0.15, 0.2) is 0 Å². The van der Waals surface area contributed by atoms with Gasteiger partial charge in [-0.2, -0.15) is 10.1 Å². The molecule has 0 radical (unpaired) electrons. The van der Waals surface area contributed by atoms with Gasteiger partial charge in [0.2, 0.25) is 0 Å². The van der Waals surface area contributed by atoms with Crippen molar-refractivity contribution in [2.24, 2.45) is 0 Å². The van der Waals surface area contributed by atoms with Crippen LogP contribution in [-0.2, 0) is 6.42 Å². The van der Waals surface area contributed by atoms with E-state index in [2.05, 4.69) is 36.4 Å². The average Bonchev–Trinajstić information content (AvgIpc) is 2.72. The van der Waals surface area contributed by atoms with Crippen LogP contribution in [0.3, 0.4) is 0 Å². The molecular weight excluding hydrogens is 336 g/mol. The first-order chi connectivity index (χ1) is 13.2. The number of piperidine rings is 2. The van der Waals surface area contributed by atoms with Crippen LogP contribution in [0, 0.1) is 0 Å². The van der Waals surface area contributed by atoms with Crippen molar-refractivity contribution in [2.45, 2.75) is 57.0 Å². The quantitative estimate of drug-likeness (QED) is 0.793. The third kappa shape index (κ3) is 6.15. The van der Waals surface area contributed by atoms with Crippen molar-refractivity contribution in [3.05, 3.63) is 71.8 Å². The van der Waals surface area contributed by atoms with Gasteiger partial charge in [-0.05, 0) is 43.2 Å². The van der Waals surface area contributed by atoms with Crippen molar-refractivity contribution in [3.63, 3.8) is 0 Å². The van der Waals surface area contributed by atoms with E-state index in [9.17, 15) is 10.4 Å². The van der Waals surface area contributed by atoms with Gasteiger partial charge in [0.25, 0.3) is 0 Å². The van der Waals surface area contributed by atoms with E-state index in [-0.39, 0.29) is 6.04 Å².